The Morgan fingerprint density at radius 2 is 2.21 bits per heavy atom. The molecule has 3 aromatic rings. The highest BCUT2D eigenvalue weighted by Gasteiger charge is 2.27. The number of carbonyl (C=O) groups is 1. The molecule has 2 atom stereocenters. The Morgan fingerprint density at radius 1 is 1.38 bits per heavy atom. The third kappa shape index (κ3) is 5.16. The minimum Gasteiger partial charge on any atom is -0.490 e. The quantitative estimate of drug-likeness (QED) is 0.472. The van der Waals surface area contributed by atoms with Crippen LogP contribution in [0.5, 0.6) is 5.75 Å². The van der Waals surface area contributed by atoms with E-state index in [2.05, 4.69) is 20.9 Å². The number of carboxylic acid groups (broad SMARTS) is 1. The molecule has 0 bridgehead atoms. The number of nitriles is 1. The molecule has 2 unspecified atom stereocenters. The second-order valence-electron chi connectivity index (χ2n) is 8.19. The molecule has 0 fully saturated rings. The summed E-state index contributed by atoms with van der Waals surface area (Å²) in [7, 11) is -1.44. The largest absolute Gasteiger partial charge is 0.490 e. The molecule has 1 heterocycles. The number of carboxylic acids is 1. The molecule has 0 aliphatic heterocycles. The molecule has 1 aromatic heterocycles. The molecule has 0 radical (unpaired) electrons. The normalized spacial score (nSPS) is 15.6. The zero-order valence-corrected chi connectivity index (χ0v) is 19.6. The SMILES string of the molecule is CC(C)Oc1ccc(-c2nc(-c3cccc4c3CCC4NS(=O)CCC(=O)O)no2)cc1C#N. The fraction of sp³-hybridized carbons (Fsp3) is 0.333. The third-order valence-corrected chi connectivity index (χ3v) is 6.54. The fourth-order valence-corrected chi connectivity index (χ4v) is 4.98. The first-order valence-electron chi connectivity index (χ1n) is 10.9. The van der Waals surface area contributed by atoms with Gasteiger partial charge in [0.2, 0.25) is 5.82 Å². The molecule has 10 heteroatoms. The van der Waals surface area contributed by atoms with Crippen LogP contribution in [0.3, 0.4) is 0 Å². The summed E-state index contributed by atoms with van der Waals surface area (Å²) in [5.74, 6) is 0.311. The number of benzene rings is 2. The van der Waals surface area contributed by atoms with Crippen molar-refractivity contribution in [3.8, 4) is 34.7 Å². The number of nitrogens with one attached hydrogen (secondary N) is 1. The highest BCUT2D eigenvalue weighted by atomic mass is 32.2. The molecule has 2 N–H and O–H groups in total. The highest BCUT2D eigenvalue weighted by molar-refractivity contribution is 7.83. The van der Waals surface area contributed by atoms with Crippen molar-refractivity contribution in [3.05, 3.63) is 53.1 Å². The van der Waals surface area contributed by atoms with Crippen molar-refractivity contribution < 1.29 is 23.4 Å². The van der Waals surface area contributed by atoms with Crippen LogP contribution in [0.25, 0.3) is 22.8 Å². The number of hydrogen-bond acceptors (Lipinski definition) is 7. The molecule has 0 spiro atoms. The van der Waals surface area contributed by atoms with Crippen molar-refractivity contribution in [3.63, 3.8) is 0 Å². The topological polar surface area (TPSA) is 138 Å². The van der Waals surface area contributed by atoms with E-state index in [1.165, 1.54) is 0 Å². The number of aromatic nitrogens is 2. The maximum atomic E-state index is 12.2. The number of hydrogen-bond donors (Lipinski definition) is 2. The highest BCUT2D eigenvalue weighted by Crippen LogP contribution is 2.37. The van der Waals surface area contributed by atoms with Gasteiger partial charge in [-0.05, 0) is 56.0 Å². The number of ether oxygens (including phenoxy) is 1. The van der Waals surface area contributed by atoms with Gasteiger partial charge in [-0.1, -0.05) is 23.4 Å². The summed E-state index contributed by atoms with van der Waals surface area (Å²) in [6.45, 7) is 3.79. The predicted octanol–water partition coefficient (Wildman–Crippen LogP) is 3.78. The van der Waals surface area contributed by atoms with E-state index in [9.17, 15) is 14.3 Å². The van der Waals surface area contributed by atoms with Crippen LogP contribution in [0, 0.1) is 11.3 Å². The average Bonchev–Trinajstić information content (AvgIpc) is 3.45. The number of fused-ring (bicyclic) bond motifs is 1. The van der Waals surface area contributed by atoms with Crippen LogP contribution in [0.4, 0.5) is 0 Å². The summed E-state index contributed by atoms with van der Waals surface area (Å²) in [4.78, 5) is 15.3. The Labute approximate surface area is 199 Å². The summed E-state index contributed by atoms with van der Waals surface area (Å²) in [6.07, 6.45) is 1.27. The zero-order chi connectivity index (χ0) is 24.2. The van der Waals surface area contributed by atoms with E-state index in [4.69, 9.17) is 14.4 Å². The Bertz CT molecular complexity index is 1280. The number of aliphatic carboxylic acids is 1. The van der Waals surface area contributed by atoms with E-state index in [0.29, 0.717) is 28.6 Å². The Kier molecular flexibility index (Phi) is 7.05. The van der Waals surface area contributed by atoms with E-state index in [1.54, 1.807) is 18.2 Å². The Hall–Kier alpha value is -3.55. The average molecular weight is 481 g/mol. The van der Waals surface area contributed by atoms with Crippen LogP contribution in [-0.4, -0.2) is 37.3 Å². The second kappa shape index (κ2) is 10.2. The summed E-state index contributed by atoms with van der Waals surface area (Å²) >= 11 is 0. The van der Waals surface area contributed by atoms with Crippen molar-refractivity contribution in [2.75, 3.05) is 5.75 Å². The van der Waals surface area contributed by atoms with Crippen molar-refractivity contribution >= 4 is 17.0 Å². The van der Waals surface area contributed by atoms with E-state index in [1.807, 2.05) is 32.0 Å². The maximum absolute atomic E-state index is 12.2. The minimum absolute atomic E-state index is 0.0546. The molecule has 34 heavy (non-hydrogen) atoms. The van der Waals surface area contributed by atoms with E-state index in [-0.39, 0.29) is 24.3 Å². The lowest BCUT2D eigenvalue weighted by Gasteiger charge is -2.13. The molecular formula is C24H24N4O5S. The summed E-state index contributed by atoms with van der Waals surface area (Å²) in [6, 6.07) is 12.9. The zero-order valence-electron chi connectivity index (χ0n) is 18.8. The van der Waals surface area contributed by atoms with Gasteiger partial charge in [0.15, 0.2) is 0 Å². The van der Waals surface area contributed by atoms with Crippen molar-refractivity contribution in [1.29, 1.82) is 5.26 Å². The lowest BCUT2D eigenvalue weighted by Crippen LogP contribution is -2.24. The Balaban J connectivity index is 1.56. The summed E-state index contributed by atoms with van der Waals surface area (Å²) in [5.41, 5.74) is 3.87. The molecule has 176 valence electrons. The van der Waals surface area contributed by atoms with Crippen LogP contribution >= 0.6 is 0 Å². The van der Waals surface area contributed by atoms with Gasteiger partial charge in [0.05, 0.1) is 29.1 Å². The minimum atomic E-state index is -1.44. The van der Waals surface area contributed by atoms with Gasteiger partial charge >= 0.3 is 5.97 Å². The maximum Gasteiger partial charge on any atom is 0.304 e. The van der Waals surface area contributed by atoms with Gasteiger partial charge in [0, 0.05) is 22.9 Å². The van der Waals surface area contributed by atoms with Gasteiger partial charge in [0.1, 0.15) is 11.8 Å². The smallest absolute Gasteiger partial charge is 0.304 e. The van der Waals surface area contributed by atoms with Crippen LogP contribution in [-0.2, 0) is 22.2 Å². The molecule has 1 aliphatic rings. The third-order valence-electron chi connectivity index (χ3n) is 5.42. The molecule has 1 aliphatic carbocycles. The molecule has 4 rings (SSSR count). The van der Waals surface area contributed by atoms with Gasteiger partial charge in [-0.15, -0.1) is 0 Å². The van der Waals surface area contributed by atoms with Crippen molar-refractivity contribution in [2.45, 2.75) is 45.3 Å². The second-order valence-corrected chi connectivity index (χ2v) is 9.52. The summed E-state index contributed by atoms with van der Waals surface area (Å²) < 4.78 is 26.4. The first kappa shape index (κ1) is 23.6. The molecule has 0 saturated carbocycles. The fourth-order valence-electron chi connectivity index (χ4n) is 3.94. The van der Waals surface area contributed by atoms with Crippen LogP contribution in [0.2, 0.25) is 0 Å². The summed E-state index contributed by atoms with van der Waals surface area (Å²) in [5, 5.41) is 22.4. The van der Waals surface area contributed by atoms with Crippen LogP contribution in [0.15, 0.2) is 40.9 Å². The monoisotopic (exact) mass is 480 g/mol. The van der Waals surface area contributed by atoms with E-state index < -0.39 is 17.0 Å². The van der Waals surface area contributed by atoms with E-state index in [0.717, 1.165) is 29.5 Å². The molecule has 0 saturated heterocycles. The van der Waals surface area contributed by atoms with E-state index >= 15 is 0 Å². The molecule has 2 aromatic carbocycles. The standard InChI is InChI=1S/C24H24N4O5S/c1-14(2)32-21-9-6-15(12-16(21)13-25)24-26-23(27-33-24)19-5-3-4-18-17(19)7-8-20(18)28-34(31)11-10-22(29)30/h3-6,9,12,14,20,28H,7-8,10-11H2,1-2H3,(H,29,30). The lowest BCUT2D eigenvalue weighted by molar-refractivity contribution is -0.136. The van der Waals surface area contributed by atoms with Gasteiger partial charge < -0.3 is 14.4 Å². The number of nitrogens with zero attached hydrogens (tertiary/aromatic N) is 3. The van der Waals surface area contributed by atoms with Crippen LogP contribution in [0.1, 0.15) is 49.4 Å². The Morgan fingerprint density at radius 3 is 2.94 bits per heavy atom. The number of rotatable bonds is 9. The van der Waals surface area contributed by atoms with Gasteiger partial charge in [-0.2, -0.15) is 10.2 Å². The van der Waals surface area contributed by atoms with Gasteiger partial charge in [-0.25, -0.2) is 8.93 Å². The van der Waals surface area contributed by atoms with Crippen molar-refractivity contribution in [2.24, 2.45) is 0 Å². The molecule has 9 nitrogen and oxygen atoms in total. The molecular weight excluding hydrogens is 456 g/mol. The molecule has 0 amide bonds. The first-order chi connectivity index (χ1) is 16.4. The lowest BCUT2D eigenvalue weighted by atomic mass is 10.0. The predicted molar refractivity (Wildman–Crippen MR) is 125 cm³/mol. The van der Waals surface area contributed by atoms with Gasteiger partial charge in [0.25, 0.3) is 5.89 Å². The van der Waals surface area contributed by atoms with Crippen molar-refractivity contribution in [1.82, 2.24) is 14.9 Å². The van der Waals surface area contributed by atoms with Gasteiger partial charge in [-0.3, -0.25) is 4.79 Å². The first-order valence-corrected chi connectivity index (χ1v) is 12.2. The van der Waals surface area contributed by atoms with Crippen LogP contribution < -0.4 is 9.46 Å².